The van der Waals surface area contributed by atoms with Crippen LogP contribution < -0.4 is 16.0 Å². The summed E-state index contributed by atoms with van der Waals surface area (Å²) in [6.07, 6.45) is 3.23. The summed E-state index contributed by atoms with van der Waals surface area (Å²) in [7, 11) is 0. The van der Waals surface area contributed by atoms with Crippen molar-refractivity contribution in [2.24, 2.45) is 5.92 Å². The smallest absolute Gasteiger partial charge is 0.315 e. The zero-order chi connectivity index (χ0) is 19.1. The number of hydrogen-bond acceptors (Lipinski definition) is 2. The van der Waals surface area contributed by atoms with Crippen molar-refractivity contribution in [3.05, 3.63) is 36.0 Å². The van der Waals surface area contributed by atoms with Gasteiger partial charge in [0.05, 0.1) is 0 Å². The summed E-state index contributed by atoms with van der Waals surface area (Å²) >= 11 is 0. The van der Waals surface area contributed by atoms with Crippen LogP contribution in [0.5, 0.6) is 0 Å². The van der Waals surface area contributed by atoms with E-state index < -0.39 is 6.04 Å². The fourth-order valence-corrected chi connectivity index (χ4v) is 2.80. The number of carbonyl (C=O) groups excluding carboxylic acids is 2. The Morgan fingerprint density at radius 1 is 1.08 bits per heavy atom. The van der Waals surface area contributed by atoms with E-state index in [1.165, 1.54) is 0 Å². The van der Waals surface area contributed by atoms with Gasteiger partial charge in [-0.2, -0.15) is 0 Å². The first kappa shape index (κ1) is 19.8. The Kier molecular flexibility index (Phi) is 7.06. The Bertz CT molecular complexity index is 736. The third kappa shape index (κ3) is 5.79. The fraction of sp³-hybridized carbons (Fsp3) is 0.500. The van der Waals surface area contributed by atoms with Crippen LogP contribution in [0.2, 0.25) is 0 Å². The van der Waals surface area contributed by atoms with Gasteiger partial charge in [-0.1, -0.05) is 32.0 Å². The van der Waals surface area contributed by atoms with E-state index in [1.807, 2.05) is 44.3 Å². The van der Waals surface area contributed by atoms with Crippen LogP contribution in [0.15, 0.2) is 30.5 Å². The highest BCUT2D eigenvalue weighted by molar-refractivity contribution is 5.89. The number of aromatic nitrogens is 1. The number of aromatic amines is 1. The summed E-state index contributed by atoms with van der Waals surface area (Å²) in [5, 5.41) is 9.61. The lowest BCUT2D eigenvalue weighted by Crippen LogP contribution is -2.52. The van der Waals surface area contributed by atoms with E-state index in [0.717, 1.165) is 22.9 Å². The number of nitrogens with one attached hydrogen (secondary N) is 4. The highest BCUT2D eigenvalue weighted by Gasteiger charge is 2.23. The van der Waals surface area contributed by atoms with E-state index in [4.69, 9.17) is 0 Å². The maximum atomic E-state index is 12.6. The minimum Gasteiger partial charge on any atom is -0.361 e. The molecule has 0 saturated carbocycles. The lowest BCUT2D eigenvalue weighted by atomic mass is 10.0. The van der Waals surface area contributed by atoms with Gasteiger partial charge in [0.15, 0.2) is 0 Å². The number of amides is 3. The number of urea groups is 1. The Balaban J connectivity index is 2.08. The van der Waals surface area contributed by atoms with Gasteiger partial charge >= 0.3 is 6.03 Å². The van der Waals surface area contributed by atoms with Crippen molar-refractivity contribution in [2.45, 2.75) is 52.6 Å². The summed E-state index contributed by atoms with van der Waals surface area (Å²) in [5.41, 5.74) is 2.03. The van der Waals surface area contributed by atoms with Crippen LogP contribution in [0.4, 0.5) is 4.79 Å². The molecule has 0 radical (unpaired) electrons. The maximum Gasteiger partial charge on any atom is 0.315 e. The van der Waals surface area contributed by atoms with E-state index in [2.05, 4.69) is 34.8 Å². The minimum atomic E-state index is -0.629. The van der Waals surface area contributed by atoms with Gasteiger partial charge in [0.1, 0.15) is 6.04 Å². The second-order valence-corrected chi connectivity index (χ2v) is 7.36. The third-order valence-electron chi connectivity index (χ3n) is 4.16. The molecule has 0 fully saturated rings. The van der Waals surface area contributed by atoms with Gasteiger partial charge in [0.25, 0.3) is 0 Å². The molecule has 142 valence electrons. The summed E-state index contributed by atoms with van der Waals surface area (Å²) in [4.78, 5) is 28.0. The molecule has 1 atom stereocenters. The van der Waals surface area contributed by atoms with Crippen molar-refractivity contribution in [3.63, 3.8) is 0 Å². The van der Waals surface area contributed by atoms with Crippen molar-refractivity contribution in [1.82, 2.24) is 20.9 Å². The van der Waals surface area contributed by atoms with Crippen LogP contribution in [0.1, 0.15) is 39.7 Å². The van der Waals surface area contributed by atoms with E-state index in [-0.39, 0.29) is 18.0 Å². The summed E-state index contributed by atoms with van der Waals surface area (Å²) in [5.74, 6) is 0.339. The average Bonchev–Trinajstić information content (AvgIpc) is 2.96. The molecule has 0 unspecified atom stereocenters. The first-order valence-corrected chi connectivity index (χ1v) is 9.26. The van der Waals surface area contributed by atoms with Crippen LogP contribution in [-0.4, -0.2) is 35.6 Å². The summed E-state index contributed by atoms with van der Waals surface area (Å²) in [6, 6.07) is 7.01. The lowest BCUT2D eigenvalue weighted by Gasteiger charge is -2.20. The number of H-pyrrole nitrogens is 1. The predicted octanol–water partition coefficient (Wildman–Crippen LogP) is 2.95. The van der Waals surface area contributed by atoms with Crippen molar-refractivity contribution in [2.75, 3.05) is 6.54 Å². The zero-order valence-corrected chi connectivity index (χ0v) is 16.1. The highest BCUT2D eigenvalue weighted by Crippen LogP contribution is 2.19. The van der Waals surface area contributed by atoms with Gasteiger partial charge < -0.3 is 20.9 Å². The molecule has 1 heterocycles. The summed E-state index contributed by atoms with van der Waals surface area (Å²) < 4.78 is 0. The number of benzene rings is 1. The Hall–Kier alpha value is -2.50. The molecular weight excluding hydrogens is 328 g/mol. The largest absolute Gasteiger partial charge is 0.361 e. The molecule has 0 bridgehead atoms. The van der Waals surface area contributed by atoms with Crippen molar-refractivity contribution in [1.29, 1.82) is 0 Å². The molecule has 3 amide bonds. The van der Waals surface area contributed by atoms with Gasteiger partial charge in [0.2, 0.25) is 5.91 Å². The first-order valence-electron chi connectivity index (χ1n) is 9.26. The number of para-hydroxylation sites is 1. The molecule has 2 aromatic rings. The SMILES string of the molecule is CC(C)CCNC(=O)N[C@@H](Cc1c[nH]c2ccccc12)C(=O)NC(C)C. The first-order chi connectivity index (χ1) is 12.4. The highest BCUT2D eigenvalue weighted by atomic mass is 16.2. The Morgan fingerprint density at radius 3 is 2.50 bits per heavy atom. The molecule has 0 aliphatic heterocycles. The normalized spacial score (nSPS) is 12.4. The van der Waals surface area contributed by atoms with Crippen LogP contribution in [-0.2, 0) is 11.2 Å². The standard InChI is InChI=1S/C20H30N4O2/c1-13(2)9-10-21-20(26)24-18(19(25)23-14(3)4)11-15-12-22-17-8-6-5-7-16(15)17/h5-8,12-14,18,22H,9-11H2,1-4H3,(H,23,25)(H2,21,24,26)/t18-/m0/s1. The Morgan fingerprint density at radius 2 is 1.81 bits per heavy atom. The van der Waals surface area contributed by atoms with E-state index >= 15 is 0 Å². The molecule has 0 spiro atoms. The van der Waals surface area contributed by atoms with Gasteiger partial charge in [-0.15, -0.1) is 0 Å². The molecule has 6 heteroatoms. The molecular formula is C20H30N4O2. The third-order valence-corrected chi connectivity index (χ3v) is 4.16. The van der Waals surface area contributed by atoms with E-state index in [1.54, 1.807) is 0 Å². The molecule has 6 nitrogen and oxygen atoms in total. The molecule has 26 heavy (non-hydrogen) atoms. The molecule has 1 aromatic carbocycles. The van der Waals surface area contributed by atoms with E-state index in [0.29, 0.717) is 18.9 Å². The van der Waals surface area contributed by atoms with Crippen molar-refractivity contribution in [3.8, 4) is 0 Å². The lowest BCUT2D eigenvalue weighted by molar-refractivity contribution is -0.123. The second kappa shape index (κ2) is 9.27. The Labute approximate surface area is 155 Å². The van der Waals surface area contributed by atoms with Gasteiger partial charge in [-0.05, 0) is 37.8 Å². The fourth-order valence-electron chi connectivity index (χ4n) is 2.80. The van der Waals surface area contributed by atoms with Crippen LogP contribution in [0.25, 0.3) is 10.9 Å². The number of carbonyl (C=O) groups is 2. The van der Waals surface area contributed by atoms with E-state index in [9.17, 15) is 9.59 Å². The number of hydrogen-bond donors (Lipinski definition) is 4. The maximum absolute atomic E-state index is 12.6. The monoisotopic (exact) mass is 358 g/mol. The molecule has 1 aromatic heterocycles. The topological polar surface area (TPSA) is 86.0 Å². The quantitative estimate of drug-likeness (QED) is 0.585. The number of fused-ring (bicyclic) bond motifs is 1. The molecule has 4 N–H and O–H groups in total. The van der Waals surface area contributed by atoms with Crippen molar-refractivity contribution < 1.29 is 9.59 Å². The molecule has 0 aliphatic carbocycles. The van der Waals surface area contributed by atoms with Crippen LogP contribution >= 0.6 is 0 Å². The van der Waals surface area contributed by atoms with Crippen LogP contribution in [0.3, 0.4) is 0 Å². The average molecular weight is 358 g/mol. The molecule has 0 aliphatic rings. The summed E-state index contributed by atoms with van der Waals surface area (Å²) in [6.45, 7) is 8.62. The molecule has 0 saturated heterocycles. The predicted molar refractivity (Wildman–Crippen MR) is 105 cm³/mol. The van der Waals surface area contributed by atoms with Crippen LogP contribution in [0, 0.1) is 5.92 Å². The number of rotatable bonds is 8. The van der Waals surface area contributed by atoms with Gasteiger partial charge in [0, 0.05) is 36.1 Å². The van der Waals surface area contributed by atoms with Crippen molar-refractivity contribution >= 4 is 22.8 Å². The van der Waals surface area contributed by atoms with Gasteiger partial charge in [-0.3, -0.25) is 4.79 Å². The second-order valence-electron chi connectivity index (χ2n) is 7.36. The minimum absolute atomic E-state index is 0.0128. The zero-order valence-electron chi connectivity index (χ0n) is 16.1. The molecule has 2 rings (SSSR count). The van der Waals surface area contributed by atoms with Gasteiger partial charge in [-0.25, -0.2) is 4.79 Å².